The Labute approximate surface area is 237 Å². The van der Waals surface area contributed by atoms with Crippen LogP contribution in [0.25, 0.3) is 16.9 Å². The molecule has 5 aromatic rings. The van der Waals surface area contributed by atoms with Gasteiger partial charge in [0.2, 0.25) is 0 Å². The van der Waals surface area contributed by atoms with Gasteiger partial charge in [0.15, 0.2) is 5.65 Å². The monoisotopic (exact) mass is 610 g/mol. The SMILES string of the molecule is COc1ccc(Cl)cc1NC(=O)Nc1ccc(CNc2cc(-c3ccccc3Cl)nc3c(Br)cnn23)cc1. The summed E-state index contributed by atoms with van der Waals surface area (Å²) in [7, 11) is 1.53. The number of benzene rings is 3. The van der Waals surface area contributed by atoms with Gasteiger partial charge in [-0.25, -0.2) is 9.78 Å². The molecular weight excluding hydrogens is 591 g/mol. The summed E-state index contributed by atoms with van der Waals surface area (Å²) in [5, 5.41) is 14.5. The summed E-state index contributed by atoms with van der Waals surface area (Å²) in [4.78, 5) is 17.2. The van der Waals surface area contributed by atoms with Gasteiger partial charge in [0.1, 0.15) is 11.6 Å². The minimum absolute atomic E-state index is 0.410. The maximum Gasteiger partial charge on any atom is 0.323 e. The van der Waals surface area contributed by atoms with Crippen molar-refractivity contribution in [3.8, 4) is 17.0 Å². The quantitative estimate of drug-likeness (QED) is 0.175. The Bertz CT molecular complexity index is 1620. The number of ether oxygens (including phenoxy) is 1. The molecule has 0 fully saturated rings. The number of nitrogens with one attached hydrogen (secondary N) is 3. The van der Waals surface area contributed by atoms with E-state index >= 15 is 0 Å². The molecule has 0 aliphatic heterocycles. The van der Waals surface area contributed by atoms with Gasteiger partial charge >= 0.3 is 6.03 Å². The Kier molecular flexibility index (Phi) is 7.69. The van der Waals surface area contributed by atoms with Crippen molar-refractivity contribution in [3.63, 3.8) is 0 Å². The number of hydrogen-bond donors (Lipinski definition) is 3. The van der Waals surface area contributed by atoms with Crippen LogP contribution in [0.4, 0.5) is 22.0 Å². The molecule has 0 spiro atoms. The summed E-state index contributed by atoms with van der Waals surface area (Å²) >= 11 is 16.0. The normalized spacial score (nSPS) is 10.8. The molecule has 3 aromatic carbocycles. The molecule has 3 N–H and O–H groups in total. The predicted molar refractivity (Wildman–Crippen MR) is 156 cm³/mol. The van der Waals surface area contributed by atoms with Gasteiger partial charge in [-0.05, 0) is 57.9 Å². The summed E-state index contributed by atoms with van der Waals surface area (Å²) in [6.45, 7) is 0.519. The lowest BCUT2D eigenvalue weighted by Gasteiger charge is -2.13. The van der Waals surface area contributed by atoms with Crippen molar-refractivity contribution in [2.45, 2.75) is 6.54 Å². The molecule has 192 valence electrons. The minimum Gasteiger partial charge on any atom is -0.495 e. The Morgan fingerprint density at radius 3 is 2.58 bits per heavy atom. The zero-order valence-electron chi connectivity index (χ0n) is 20.0. The topological polar surface area (TPSA) is 92.6 Å². The number of rotatable bonds is 7. The zero-order valence-corrected chi connectivity index (χ0v) is 23.1. The van der Waals surface area contributed by atoms with Gasteiger partial charge in [-0.2, -0.15) is 9.61 Å². The Balaban J connectivity index is 1.29. The van der Waals surface area contributed by atoms with Crippen LogP contribution in [0.3, 0.4) is 0 Å². The Hall–Kier alpha value is -3.79. The lowest BCUT2D eigenvalue weighted by Crippen LogP contribution is -2.19. The van der Waals surface area contributed by atoms with E-state index in [9.17, 15) is 4.79 Å². The lowest BCUT2D eigenvalue weighted by atomic mass is 10.1. The van der Waals surface area contributed by atoms with Crippen LogP contribution in [0.2, 0.25) is 10.0 Å². The zero-order chi connectivity index (χ0) is 26.6. The lowest BCUT2D eigenvalue weighted by molar-refractivity contribution is 0.262. The van der Waals surface area contributed by atoms with Crippen LogP contribution in [-0.4, -0.2) is 27.7 Å². The van der Waals surface area contributed by atoms with Crippen molar-refractivity contribution < 1.29 is 9.53 Å². The van der Waals surface area contributed by atoms with Gasteiger partial charge in [-0.3, -0.25) is 0 Å². The second kappa shape index (κ2) is 11.3. The molecule has 0 saturated heterocycles. The first-order valence-electron chi connectivity index (χ1n) is 11.4. The second-order valence-electron chi connectivity index (χ2n) is 8.21. The van der Waals surface area contributed by atoms with Crippen molar-refractivity contribution in [3.05, 3.63) is 99.1 Å². The van der Waals surface area contributed by atoms with Crippen LogP contribution in [0.5, 0.6) is 5.75 Å². The molecule has 5 rings (SSSR count). The van der Waals surface area contributed by atoms with Crippen LogP contribution in [0.1, 0.15) is 5.56 Å². The van der Waals surface area contributed by atoms with Crippen molar-refractivity contribution in [2.75, 3.05) is 23.1 Å². The largest absolute Gasteiger partial charge is 0.495 e. The fourth-order valence-electron chi connectivity index (χ4n) is 3.83. The highest BCUT2D eigenvalue weighted by Gasteiger charge is 2.13. The van der Waals surface area contributed by atoms with E-state index in [-0.39, 0.29) is 0 Å². The average Bonchev–Trinajstić information content (AvgIpc) is 3.29. The molecule has 0 aliphatic carbocycles. The van der Waals surface area contributed by atoms with Gasteiger partial charge in [-0.1, -0.05) is 53.5 Å². The van der Waals surface area contributed by atoms with E-state index in [1.807, 2.05) is 54.6 Å². The maximum absolute atomic E-state index is 12.5. The van der Waals surface area contributed by atoms with Gasteiger partial charge in [0.25, 0.3) is 0 Å². The summed E-state index contributed by atoms with van der Waals surface area (Å²) in [5.41, 5.74) is 4.35. The van der Waals surface area contributed by atoms with E-state index in [4.69, 9.17) is 32.9 Å². The molecule has 2 aromatic heterocycles. The second-order valence-corrected chi connectivity index (χ2v) is 9.91. The molecule has 38 heavy (non-hydrogen) atoms. The molecule has 8 nitrogen and oxygen atoms in total. The summed E-state index contributed by atoms with van der Waals surface area (Å²) in [6, 6.07) is 21.6. The molecule has 0 unspecified atom stereocenters. The van der Waals surface area contributed by atoms with Crippen molar-refractivity contribution >= 4 is 68.0 Å². The third-order valence-corrected chi connectivity index (χ3v) is 6.80. The van der Waals surface area contributed by atoms with Crippen LogP contribution in [-0.2, 0) is 6.54 Å². The number of aromatic nitrogens is 3. The van der Waals surface area contributed by atoms with Crippen molar-refractivity contribution in [2.24, 2.45) is 0 Å². The standard InChI is InChI=1S/C27H21BrCl2N6O2/c1-38-24-11-8-17(29)12-23(24)35-27(37)33-18-9-6-16(7-10-18)14-31-25-13-22(19-4-2-3-5-21(19)30)34-26-20(28)15-32-36(25)26/h2-13,15,31H,14H2,1H3,(H2,33,35,37). The van der Waals surface area contributed by atoms with E-state index < -0.39 is 6.03 Å². The molecule has 0 saturated carbocycles. The number of carbonyl (C=O) groups is 1. The highest BCUT2D eigenvalue weighted by Crippen LogP contribution is 2.31. The first-order chi connectivity index (χ1) is 18.4. The summed E-state index contributed by atoms with van der Waals surface area (Å²) in [5.74, 6) is 1.27. The summed E-state index contributed by atoms with van der Waals surface area (Å²) < 4.78 is 7.78. The Morgan fingerprint density at radius 1 is 1.03 bits per heavy atom. The van der Waals surface area contributed by atoms with E-state index in [1.165, 1.54) is 7.11 Å². The molecule has 0 atom stereocenters. The third kappa shape index (κ3) is 5.70. The van der Waals surface area contributed by atoms with E-state index in [1.54, 1.807) is 28.9 Å². The fourth-order valence-corrected chi connectivity index (χ4v) is 4.58. The number of nitrogens with zero attached hydrogens (tertiary/aromatic N) is 3. The van der Waals surface area contributed by atoms with Crippen molar-refractivity contribution in [1.82, 2.24) is 14.6 Å². The molecular formula is C27H21BrCl2N6O2. The van der Waals surface area contributed by atoms with Crippen LogP contribution in [0.15, 0.2) is 83.5 Å². The van der Waals surface area contributed by atoms with E-state index in [0.717, 1.165) is 27.1 Å². The Morgan fingerprint density at radius 2 is 1.82 bits per heavy atom. The van der Waals surface area contributed by atoms with Crippen LogP contribution < -0.4 is 20.7 Å². The fraction of sp³-hybridized carbons (Fsp3) is 0.0741. The molecule has 0 bridgehead atoms. The first-order valence-corrected chi connectivity index (χ1v) is 13.0. The number of halogens is 3. The number of anilines is 3. The molecule has 0 aliphatic rings. The average molecular weight is 612 g/mol. The minimum atomic E-state index is -0.410. The van der Waals surface area contributed by atoms with Gasteiger partial charge < -0.3 is 20.7 Å². The predicted octanol–water partition coefficient (Wildman–Crippen LogP) is 7.73. The van der Waals surface area contributed by atoms with Crippen LogP contribution in [0, 0.1) is 0 Å². The van der Waals surface area contributed by atoms with Crippen molar-refractivity contribution in [1.29, 1.82) is 0 Å². The molecule has 0 radical (unpaired) electrons. The molecule has 2 amide bonds. The number of amides is 2. The first kappa shape index (κ1) is 25.8. The van der Waals surface area contributed by atoms with E-state index in [2.05, 4.69) is 37.0 Å². The summed E-state index contributed by atoms with van der Waals surface area (Å²) in [6.07, 6.45) is 1.70. The van der Waals surface area contributed by atoms with E-state index in [0.29, 0.717) is 39.4 Å². The number of carbonyl (C=O) groups excluding carboxylic acids is 1. The van der Waals surface area contributed by atoms with Crippen LogP contribution >= 0.6 is 39.1 Å². The number of fused-ring (bicyclic) bond motifs is 1. The van der Waals surface area contributed by atoms with Gasteiger partial charge in [0, 0.05) is 33.9 Å². The number of urea groups is 1. The highest BCUT2D eigenvalue weighted by atomic mass is 79.9. The smallest absolute Gasteiger partial charge is 0.323 e. The number of methoxy groups -OCH3 is 1. The van der Waals surface area contributed by atoms with Gasteiger partial charge in [-0.15, -0.1) is 0 Å². The molecule has 11 heteroatoms. The third-order valence-electron chi connectivity index (χ3n) is 5.67. The number of hydrogen-bond acceptors (Lipinski definition) is 5. The van der Waals surface area contributed by atoms with Gasteiger partial charge in [0.05, 0.1) is 29.2 Å². The molecule has 2 heterocycles. The maximum atomic E-state index is 12.5. The highest BCUT2D eigenvalue weighted by molar-refractivity contribution is 9.10.